The maximum Gasteiger partial charge on any atom is 0.271 e. The summed E-state index contributed by atoms with van der Waals surface area (Å²) in [6, 6.07) is 0. The van der Waals surface area contributed by atoms with E-state index < -0.39 is 0 Å². The largest absolute Gasteiger partial charge is 0.346 e. The Morgan fingerprint density at radius 3 is 2.83 bits per heavy atom. The second-order valence-electron chi connectivity index (χ2n) is 4.89. The SMILES string of the molecule is CC1(NC(=O)c2csc(CCN)n2)CCCC1.Cl. The number of carbonyl (C=O) groups excluding carboxylic acids is 1. The second-order valence-corrected chi connectivity index (χ2v) is 5.83. The number of carbonyl (C=O) groups is 1. The third-order valence-electron chi connectivity index (χ3n) is 3.27. The Morgan fingerprint density at radius 1 is 1.56 bits per heavy atom. The molecule has 0 atom stereocenters. The highest BCUT2D eigenvalue weighted by molar-refractivity contribution is 7.09. The van der Waals surface area contributed by atoms with Crippen molar-refractivity contribution in [1.82, 2.24) is 10.3 Å². The number of nitrogens with zero attached hydrogens (tertiary/aromatic N) is 1. The van der Waals surface area contributed by atoms with Crippen LogP contribution in [0.4, 0.5) is 0 Å². The molecule has 1 aromatic heterocycles. The van der Waals surface area contributed by atoms with E-state index in [4.69, 9.17) is 5.73 Å². The Hall–Kier alpha value is -0.650. The molecule has 0 saturated heterocycles. The molecular formula is C12H20ClN3OS. The number of nitrogens with one attached hydrogen (secondary N) is 1. The molecule has 4 nitrogen and oxygen atoms in total. The molecule has 0 aromatic carbocycles. The molecule has 0 unspecified atom stereocenters. The summed E-state index contributed by atoms with van der Waals surface area (Å²) in [5, 5.41) is 5.86. The average molecular weight is 290 g/mol. The van der Waals surface area contributed by atoms with Gasteiger partial charge in [0, 0.05) is 17.3 Å². The number of nitrogens with two attached hydrogens (primary N) is 1. The van der Waals surface area contributed by atoms with Crippen molar-refractivity contribution >= 4 is 29.7 Å². The van der Waals surface area contributed by atoms with E-state index >= 15 is 0 Å². The number of hydrogen-bond acceptors (Lipinski definition) is 4. The number of amides is 1. The molecule has 0 bridgehead atoms. The first-order valence-electron chi connectivity index (χ1n) is 6.10. The van der Waals surface area contributed by atoms with E-state index in [1.165, 1.54) is 24.2 Å². The first kappa shape index (κ1) is 15.4. The molecule has 1 saturated carbocycles. The number of aromatic nitrogens is 1. The van der Waals surface area contributed by atoms with Crippen LogP contribution in [0.1, 0.15) is 48.1 Å². The number of halogens is 1. The Labute approximate surface area is 118 Å². The molecule has 0 aliphatic heterocycles. The van der Waals surface area contributed by atoms with Crippen LogP contribution in [0.15, 0.2) is 5.38 Å². The van der Waals surface area contributed by atoms with Crippen LogP contribution in [0.25, 0.3) is 0 Å². The van der Waals surface area contributed by atoms with E-state index in [-0.39, 0.29) is 23.9 Å². The van der Waals surface area contributed by atoms with E-state index in [1.807, 2.05) is 5.38 Å². The third-order valence-corrected chi connectivity index (χ3v) is 4.17. The zero-order valence-corrected chi connectivity index (χ0v) is 12.2. The van der Waals surface area contributed by atoms with E-state index in [2.05, 4.69) is 17.2 Å². The molecule has 18 heavy (non-hydrogen) atoms. The molecule has 0 spiro atoms. The summed E-state index contributed by atoms with van der Waals surface area (Å²) in [4.78, 5) is 16.3. The minimum Gasteiger partial charge on any atom is -0.346 e. The summed E-state index contributed by atoms with van der Waals surface area (Å²) in [6.07, 6.45) is 5.28. The standard InChI is InChI=1S/C12H19N3OS.ClH/c1-12(5-2-3-6-12)15-11(16)9-8-17-10(14-9)4-7-13;/h8H,2-7,13H2,1H3,(H,15,16);1H. The highest BCUT2D eigenvalue weighted by atomic mass is 35.5. The topological polar surface area (TPSA) is 68.0 Å². The van der Waals surface area contributed by atoms with Crippen molar-refractivity contribution < 1.29 is 4.79 Å². The van der Waals surface area contributed by atoms with Gasteiger partial charge in [0.2, 0.25) is 0 Å². The molecule has 1 aliphatic carbocycles. The monoisotopic (exact) mass is 289 g/mol. The van der Waals surface area contributed by atoms with E-state index in [0.717, 1.165) is 24.3 Å². The Bertz CT molecular complexity index is 402. The summed E-state index contributed by atoms with van der Waals surface area (Å²) >= 11 is 1.51. The lowest BCUT2D eigenvalue weighted by Crippen LogP contribution is -2.43. The van der Waals surface area contributed by atoms with Gasteiger partial charge in [0.25, 0.3) is 5.91 Å². The third kappa shape index (κ3) is 3.67. The molecule has 1 heterocycles. The highest BCUT2D eigenvalue weighted by Gasteiger charge is 2.30. The van der Waals surface area contributed by atoms with Crippen molar-refractivity contribution in [3.63, 3.8) is 0 Å². The van der Waals surface area contributed by atoms with Gasteiger partial charge in [-0.1, -0.05) is 12.8 Å². The molecule has 1 aliphatic rings. The van der Waals surface area contributed by atoms with Gasteiger partial charge in [0.15, 0.2) is 0 Å². The highest BCUT2D eigenvalue weighted by Crippen LogP contribution is 2.29. The smallest absolute Gasteiger partial charge is 0.271 e. The summed E-state index contributed by atoms with van der Waals surface area (Å²) in [7, 11) is 0. The molecule has 1 amide bonds. The van der Waals surface area contributed by atoms with Gasteiger partial charge in [0.1, 0.15) is 5.69 Å². The lowest BCUT2D eigenvalue weighted by Gasteiger charge is -2.24. The van der Waals surface area contributed by atoms with Crippen molar-refractivity contribution in [3.05, 3.63) is 16.1 Å². The molecule has 3 N–H and O–H groups in total. The van der Waals surface area contributed by atoms with Crippen LogP contribution in [0.2, 0.25) is 0 Å². The van der Waals surface area contributed by atoms with Gasteiger partial charge in [0.05, 0.1) is 5.01 Å². The van der Waals surface area contributed by atoms with Crippen LogP contribution in [-0.2, 0) is 6.42 Å². The Kier molecular flexibility index (Phi) is 5.56. The van der Waals surface area contributed by atoms with Crippen molar-refractivity contribution in [3.8, 4) is 0 Å². The first-order chi connectivity index (χ1) is 8.13. The van der Waals surface area contributed by atoms with Crippen molar-refractivity contribution in [1.29, 1.82) is 0 Å². The lowest BCUT2D eigenvalue weighted by atomic mass is 10.0. The second kappa shape index (κ2) is 6.50. The molecular weight excluding hydrogens is 270 g/mol. The molecule has 2 rings (SSSR count). The summed E-state index contributed by atoms with van der Waals surface area (Å²) in [6.45, 7) is 2.69. The zero-order chi connectivity index (χ0) is 12.3. The fourth-order valence-corrected chi connectivity index (χ4v) is 3.07. The molecule has 102 valence electrons. The number of rotatable bonds is 4. The Morgan fingerprint density at radius 2 is 2.22 bits per heavy atom. The van der Waals surface area contributed by atoms with E-state index in [0.29, 0.717) is 12.2 Å². The minimum atomic E-state index is -0.0473. The van der Waals surface area contributed by atoms with Gasteiger partial charge >= 0.3 is 0 Å². The molecule has 0 radical (unpaired) electrons. The predicted molar refractivity (Wildman–Crippen MR) is 76.5 cm³/mol. The van der Waals surface area contributed by atoms with Crippen molar-refractivity contribution in [2.45, 2.75) is 44.6 Å². The van der Waals surface area contributed by atoms with E-state index in [9.17, 15) is 4.79 Å². The van der Waals surface area contributed by atoms with Crippen LogP contribution in [-0.4, -0.2) is 23.0 Å². The first-order valence-corrected chi connectivity index (χ1v) is 6.98. The van der Waals surface area contributed by atoms with Gasteiger partial charge in [-0.2, -0.15) is 0 Å². The van der Waals surface area contributed by atoms with E-state index in [1.54, 1.807) is 0 Å². The molecule has 6 heteroatoms. The summed E-state index contributed by atoms with van der Waals surface area (Å²) in [5.74, 6) is -0.0473. The predicted octanol–water partition coefficient (Wildman–Crippen LogP) is 2.13. The number of hydrogen-bond donors (Lipinski definition) is 2. The fourth-order valence-electron chi connectivity index (χ4n) is 2.27. The van der Waals surface area contributed by atoms with Crippen LogP contribution in [0, 0.1) is 0 Å². The summed E-state index contributed by atoms with van der Waals surface area (Å²) < 4.78 is 0. The van der Waals surface area contributed by atoms with Gasteiger partial charge in [-0.3, -0.25) is 4.79 Å². The van der Waals surface area contributed by atoms with Crippen molar-refractivity contribution in [2.75, 3.05) is 6.54 Å². The summed E-state index contributed by atoms with van der Waals surface area (Å²) in [5.41, 5.74) is 5.97. The number of thiazole rings is 1. The maximum atomic E-state index is 12.0. The van der Waals surface area contributed by atoms with Crippen LogP contribution < -0.4 is 11.1 Å². The van der Waals surface area contributed by atoms with Crippen LogP contribution >= 0.6 is 23.7 Å². The lowest BCUT2D eigenvalue weighted by molar-refractivity contribution is 0.0903. The van der Waals surface area contributed by atoms with Gasteiger partial charge in [-0.15, -0.1) is 23.7 Å². The zero-order valence-electron chi connectivity index (χ0n) is 10.6. The fraction of sp³-hybridized carbons (Fsp3) is 0.667. The average Bonchev–Trinajstić information content (AvgIpc) is 2.88. The van der Waals surface area contributed by atoms with Gasteiger partial charge in [-0.25, -0.2) is 4.98 Å². The minimum absolute atomic E-state index is 0. The van der Waals surface area contributed by atoms with Crippen molar-refractivity contribution in [2.24, 2.45) is 5.73 Å². The van der Waals surface area contributed by atoms with Crippen LogP contribution in [0.3, 0.4) is 0 Å². The quantitative estimate of drug-likeness (QED) is 0.892. The molecule has 1 fully saturated rings. The normalized spacial score (nSPS) is 17.2. The maximum absolute atomic E-state index is 12.0. The van der Waals surface area contributed by atoms with Gasteiger partial charge in [-0.05, 0) is 26.3 Å². The Balaban J connectivity index is 0.00000162. The van der Waals surface area contributed by atoms with Crippen LogP contribution in [0.5, 0.6) is 0 Å². The van der Waals surface area contributed by atoms with Gasteiger partial charge < -0.3 is 11.1 Å². The molecule has 1 aromatic rings.